The van der Waals surface area contributed by atoms with Crippen LogP contribution < -0.4 is 0 Å². The zero-order valence-corrected chi connectivity index (χ0v) is 8.66. The monoisotopic (exact) mass is 206 g/mol. The van der Waals surface area contributed by atoms with Crippen LogP contribution in [-0.4, -0.2) is 16.2 Å². The number of aliphatic hydroxyl groups is 1. The van der Waals surface area contributed by atoms with E-state index in [4.69, 9.17) is 5.11 Å². The van der Waals surface area contributed by atoms with Crippen molar-refractivity contribution in [2.45, 2.75) is 32.3 Å². The molecule has 0 spiro atoms. The highest BCUT2D eigenvalue weighted by molar-refractivity contribution is 5.75. The molecule has 0 aromatic heterocycles. The van der Waals surface area contributed by atoms with Gasteiger partial charge in [0.15, 0.2) is 6.10 Å². The summed E-state index contributed by atoms with van der Waals surface area (Å²) in [5, 5.41) is 18.3. The maximum absolute atomic E-state index is 10.7. The van der Waals surface area contributed by atoms with Crippen molar-refractivity contribution in [3.63, 3.8) is 0 Å². The Balaban J connectivity index is 2.50. The second-order valence-corrected chi connectivity index (χ2v) is 4.02. The highest BCUT2D eigenvalue weighted by Crippen LogP contribution is 2.31. The minimum atomic E-state index is -1.38. The van der Waals surface area contributed by atoms with E-state index in [2.05, 4.69) is 0 Å². The molecular formula is C12H14O3. The van der Waals surface area contributed by atoms with E-state index in [1.807, 2.05) is 13.0 Å². The van der Waals surface area contributed by atoms with E-state index >= 15 is 0 Å². The van der Waals surface area contributed by atoms with Gasteiger partial charge >= 0.3 is 5.97 Å². The first-order valence-corrected chi connectivity index (χ1v) is 5.13. The van der Waals surface area contributed by atoms with Crippen LogP contribution in [0.3, 0.4) is 0 Å². The van der Waals surface area contributed by atoms with Crippen LogP contribution in [0.15, 0.2) is 12.1 Å². The molecule has 15 heavy (non-hydrogen) atoms. The van der Waals surface area contributed by atoms with E-state index in [1.165, 1.54) is 11.1 Å². The number of fused-ring (bicyclic) bond motifs is 1. The number of rotatable bonds is 2. The van der Waals surface area contributed by atoms with Gasteiger partial charge < -0.3 is 10.2 Å². The Morgan fingerprint density at radius 3 is 2.67 bits per heavy atom. The van der Waals surface area contributed by atoms with E-state index < -0.39 is 12.1 Å². The molecule has 0 fully saturated rings. The number of hydrogen-bond donors (Lipinski definition) is 2. The van der Waals surface area contributed by atoms with Crippen LogP contribution in [0.5, 0.6) is 0 Å². The predicted octanol–water partition coefficient (Wildman–Crippen LogP) is 1.60. The Morgan fingerprint density at radius 1 is 1.33 bits per heavy atom. The second kappa shape index (κ2) is 3.66. The third-order valence-electron chi connectivity index (χ3n) is 3.08. The average Bonchev–Trinajstić information content (AvgIpc) is 2.66. The van der Waals surface area contributed by atoms with Crippen molar-refractivity contribution < 1.29 is 15.0 Å². The van der Waals surface area contributed by atoms with Gasteiger partial charge in [-0.25, -0.2) is 4.79 Å². The number of aryl methyl sites for hydroxylation is 1. The molecule has 0 aliphatic heterocycles. The smallest absolute Gasteiger partial charge is 0.337 e. The fourth-order valence-electron chi connectivity index (χ4n) is 2.30. The topological polar surface area (TPSA) is 57.5 Å². The van der Waals surface area contributed by atoms with E-state index in [-0.39, 0.29) is 0 Å². The lowest BCUT2D eigenvalue weighted by Gasteiger charge is -2.13. The third kappa shape index (κ3) is 1.63. The summed E-state index contributed by atoms with van der Waals surface area (Å²) < 4.78 is 0. The maximum Gasteiger partial charge on any atom is 0.337 e. The largest absolute Gasteiger partial charge is 0.479 e. The number of aliphatic hydroxyl groups excluding tert-OH is 1. The van der Waals surface area contributed by atoms with Gasteiger partial charge in [-0.2, -0.15) is 0 Å². The Labute approximate surface area is 88.4 Å². The number of carbonyl (C=O) groups is 1. The van der Waals surface area contributed by atoms with Gasteiger partial charge in [0.25, 0.3) is 0 Å². The van der Waals surface area contributed by atoms with E-state index in [1.54, 1.807) is 6.07 Å². The molecule has 1 aromatic carbocycles. The van der Waals surface area contributed by atoms with Gasteiger partial charge in [-0.1, -0.05) is 12.1 Å². The molecule has 0 bridgehead atoms. The molecule has 1 aliphatic rings. The first-order chi connectivity index (χ1) is 7.11. The molecule has 2 rings (SSSR count). The molecule has 80 valence electrons. The minimum Gasteiger partial charge on any atom is -0.479 e. The van der Waals surface area contributed by atoms with Gasteiger partial charge in [0.05, 0.1) is 0 Å². The van der Waals surface area contributed by atoms with Crippen molar-refractivity contribution in [2.75, 3.05) is 0 Å². The van der Waals surface area contributed by atoms with Crippen LogP contribution in [0.2, 0.25) is 0 Å². The fourth-order valence-corrected chi connectivity index (χ4v) is 2.30. The van der Waals surface area contributed by atoms with Crippen LogP contribution in [0.4, 0.5) is 0 Å². The molecule has 2 N–H and O–H groups in total. The summed E-state index contributed by atoms with van der Waals surface area (Å²) in [6, 6.07) is 3.63. The second-order valence-electron chi connectivity index (χ2n) is 4.02. The summed E-state index contributed by atoms with van der Waals surface area (Å²) in [5.74, 6) is -1.17. The number of benzene rings is 1. The molecule has 1 unspecified atom stereocenters. The van der Waals surface area contributed by atoms with Crippen LogP contribution in [0.25, 0.3) is 0 Å². The van der Waals surface area contributed by atoms with Crippen molar-refractivity contribution in [3.05, 3.63) is 34.4 Å². The lowest BCUT2D eigenvalue weighted by Crippen LogP contribution is -2.13. The van der Waals surface area contributed by atoms with Crippen LogP contribution in [0, 0.1) is 6.92 Å². The van der Waals surface area contributed by atoms with Crippen molar-refractivity contribution in [1.29, 1.82) is 0 Å². The quantitative estimate of drug-likeness (QED) is 0.772. The first-order valence-electron chi connectivity index (χ1n) is 5.13. The maximum atomic E-state index is 10.7. The summed E-state index contributed by atoms with van der Waals surface area (Å²) in [6.45, 7) is 2.03. The molecule has 1 atom stereocenters. The van der Waals surface area contributed by atoms with Gasteiger partial charge in [-0.15, -0.1) is 0 Å². The highest BCUT2D eigenvalue weighted by Gasteiger charge is 2.24. The first kappa shape index (κ1) is 10.2. The van der Waals surface area contributed by atoms with Gasteiger partial charge in [0.2, 0.25) is 0 Å². The molecule has 0 heterocycles. The molecular weight excluding hydrogens is 192 g/mol. The molecule has 0 amide bonds. The summed E-state index contributed by atoms with van der Waals surface area (Å²) in [4.78, 5) is 10.7. The Bertz CT molecular complexity index is 410. The van der Waals surface area contributed by atoms with Gasteiger partial charge in [-0.05, 0) is 48.4 Å². The number of carboxylic acids is 1. The highest BCUT2D eigenvalue weighted by atomic mass is 16.4. The van der Waals surface area contributed by atoms with Gasteiger partial charge in [0, 0.05) is 0 Å². The molecule has 0 radical (unpaired) electrons. The zero-order chi connectivity index (χ0) is 11.0. The van der Waals surface area contributed by atoms with Crippen LogP contribution in [-0.2, 0) is 17.6 Å². The molecule has 1 aliphatic carbocycles. The average molecular weight is 206 g/mol. The summed E-state index contributed by atoms with van der Waals surface area (Å²) >= 11 is 0. The van der Waals surface area contributed by atoms with Crippen molar-refractivity contribution in [1.82, 2.24) is 0 Å². The van der Waals surface area contributed by atoms with Crippen LogP contribution >= 0.6 is 0 Å². The van der Waals surface area contributed by atoms with Crippen molar-refractivity contribution in [3.8, 4) is 0 Å². The summed E-state index contributed by atoms with van der Waals surface area (Å²) in [6.07, 6.45) is 1.56. The van der Waals surface area contributed by atoms with E-state index in [0.29, 0.717) is 5.56 Å². The molecule has 0 saturated heterocycles. The van der Waals surface area contributed by atoms with E-state index in [0.717, 1.165) is 24.8 Å². The molecule has 0 saturated carbocycles. The van der Waals surface area contributed by atoms with Crippen molar-refractivity contribution in [2.24, 2.45) is 0 Å². The van der Waals surface area contributed by atoms with Crippen molar-refractivity contribution >= 4 is 5.97 Å². The minimum absolute atomic E-state index is 0.570. The lowest BCUT2D eigenvalue weighted by atomic mass is 9.96. The predicted molar refractivity (Wildman–Crippen MR) is 55.8 cm³/mol. The van der Waals surface area contributed by atoms with E-state index in [9.17, 15) is 9.90 Å². The van der Waals surface area contributed by atoms with Crippen LogP contribution in [0.1, 0.15) is 34.8 Å². The third-order valence-corrected chi connectivity index (χ3v) is 3.08. The number of aliphatic carboxylic acids is 1. The Morgan fingerprint density at radius 2 is 2.00 bits per heavy atom. The lowest BCUT2D eigenvalue weighted by molar-refractivity contribution is -0.147. The molecule has 3 nitrogen and oxygen atoms in total. The Kier molecular flexibility index (Phi) is 2.49. The fraction of sp³-hybridized carbons (Fsp3) is 0.417. The SMILES string of the molecule is Cc1ccc(C(O)C(=O)O)c2c1CCC2. The summed E-state index contributed by atoms with van der Waals surface area (Å²) in [5.41, 5.74) is 4.04. The normalized spacial score (nSPS) is 16.1. The molecule has 3 heteroatoms. The van der Waals surface area contributed by atoms with Gasteiger partial charge in [-0.3, -0.25) is 0 Å². The van der Waals surface area contributed by atoms with Gasteiger partial charge in [0.1, 0.15) is 0 Å². The number of hydrogen-bond acceptors (Lipinski definition) is 2. The Hall–Kier alpha value is -1.35. The number of carboxylic acid groups (broad SMARTS) is 1. The zero-order valence-electron chi connectivity index (χ0n) is 8.66. The standard InChI is InChI=1S/C12H14O3/c1-7-5-6-10(11(13)12(14)15)9-4-2-3-8(7)9/h5-6,11,13H,2-4H2,1H3,(H,14,15). The summed E-state index contributed by atoms with van der Waals surface area (Å²) in [7, 11) is 0. The molecule has 1 aromatic rings.